The number of carbonyl (C=O) groups is 1. The van der Waals surface area contributed by atoms with E-state index >= 15 is 0 Å². The second-order valence-corrected chi connectivity index (χ2v) is 6.82. The molecule has 0 aliphatic rings. The van der Waals surface area contributed by atoms with Crippen molar-refractivity contribution in [2.45, 2.75) is 6.54 Å². The predicted octanol–water partition coefficient (Wildman–Crippen LogP) is 4.36. The van der Waals surface area contributed by atoms with Gasteiger partial charge in [0.05, 0.1) is 27.0 Å². The van der Waals surface area contributed by atoms with E-state index < -0.39 is 0 Å². The van der Waals surface area contributed by atoms with E-state index in [1.165, 1.54) is 6.08 Å². The van der Waals surface area contributed by atoms with Gasteiger partial charge in [0.25, 0.3) is 0 Å². The lowest BCUT2D eigenvalue weighted by Crippen LogP contribution is -2.13. The van der Waals surface area contributed by atoms with Crippen molar-refractivity contribution >= 4 is 33.7 Å². The molecule has 0 spiro atoms. The van der Waals surface area contributed by atoms with Crippen molar-refractivity contribution in [2.75, 3.05) is 19.5 Å². The molecule has 0 saturated carbocycles. The lowest BCUT2D eigenvalue weighted by atomic mass is 10.1. The topological polar surface area (TPSA) is 65.4 Å². The number of nitrogens with one attached hydrogen (secondary N) is 1. The minimum atomic E-state index is -0.262. The molecule has 3 rings (SSSR count). The van der Waals surface area contributed by atoms with E-state index in [1.807, 2.05) is 36.4 Å². The monoisotopic (exact) mass is 441 g/mol. The smallest absolute Gasteiger partial charge is 0.249 e. The van der Waals surface area contributed by atoms with Gasteiger partial charge in [-0.2, -0.15) is 5.10 Å². The quantitative estimate of drug-likeness (QED) is 0.553. The number of halogens is 1. The molecule has 2 aromatic carbocycles. The molecule has 1 aromatic heterocycles. The Bertz CT molecular complexity index is 981. The van der Waals surface area contributed by atoms with Crippen molar-refractivity contribution < 1.29 is 14.3 Å². The number of hydrogen-bond donors (Lipinski definition) is 1. The average Bonchev–Trinajstić information content (AvgIpc) is 3.14. The highest BCUT2D eigenvalue weighted by Gasteiger charge is 2.09. The summed E-state index contributed by atoms with van der Waals surface area (Å²) in [5.74, 6) is 1.55. The van der Waals surface area contributed by atoms with Crippen LogP contribution in [0.5, 0.6) is 11.5 Å². The molecule has 0 unspecified atom stereocenters. The number of rotatable bonds is 7. The number of para-hydroxylation sites is 1. The first-order valence-electron chi connectivity index (χ1n) is 8.57. The summed E-state index contributed by atoms with van der Waals surface area (Å²) < 4.78 is 13.4. The van der Waals surface area contributed by atoms with Gasteiger partial charge < -0.3 is 14.8 Å². The summed E-state index contributed by atoms with van der Waals surface area (Å²) in [7, 11) is 3.14. The Morgan fingerprint density at radius 1 is 1.14 bits per heavy atom. The molecule has 7 heteroatoms. The highest BCUT2D eigenvalue weighted by Crippen LogP contribution is 2.31. The molecule has 1 heterocycles. The normalized spacial score (nSPS) is 10.8. The number of methoxy groups -OCH3 is 2. The van der Waals surface area contributed by atoms with Crippen molar-refractivity contribution in [1.82, 2.24) is 9.78 Å². The molecule has 28 heavy (non-hydrogen) atoms. The van der Waals surface area contributed by atoms with E-state index in [-0.39, 0.29) is 5.91 Å². The molecular formula is C21H20BrN3O3. The lowest BCUT2D eigenvalue weighted by Gasteiger charge is -2.10. The number of aromatic nitrogens is 2. The van der Waals surface area contributed by atoms with Gasteiger partial charge in [-0.1, -0.05) is 40.2 Å². The summed E-state index contributed by atoms with van der Waals surface area (Å²) in [4.78, 5) is 12.4. The Labute approximate surface area is 171 Å². The number of benzene rings is 2. The molecule has 0 atom stereocenters. The Kier molecular flexibility index (Phi) is 6.49. The second-order valence-electron chi connectivity index (χ2n) is 5.91. The molecule has 0 bridgehead atoms. The zero-order valence-electron chi connectivity index (χ0n) is 15.6. The van der Waals surface area contributed by atoms with Crippen LogP contribution in [0, 0.1) is 0 Å². The number of nitrogens with zero attached hydrogens (tertiary/aromatic N) is 2. The van der Waals surface area contributed by atoms with Crippen LogP contribution in [0.25, 0.3) is 6.08 Å². The summed E-state index contributed by atoms with van der Waals surface area (Å²) in [6.45, 7) is 0.559. The third kappa shape index (κ3) is 4.80. The van der Waals surface area contributed by atoms with Gasteiger partial charge in [0.1, 0.15) is 5.82 Å². The number of hydrogen-bond acceptors (Lipinski definition) is 4. The molecule has 1 amide bonds. The molecule has 0 aliphatic carbocycles. The fourth-order valence-corrected chi connectivity index (χ4v) is 2.97. The van der Waals surface area contributed by atoms with Gasteiger partial charge in [-0.25, -0.2) is 4.68 Å². The lowest BCUT2D eigenvalue weighted by molar-refractivity contribution is -0.111. The molecule has 0 fully saturated rings. The van der Waals surface area contributed by atoms with Gasteiger partial charge in [0.2, 0.25) is 5.91 Å². The number of carbonyl (C=O) groups excluding carboxylic acids is 1. The first-order chi connectivity index (χ1) is 13.6. The Morgan fingerprint density at radius 2 is 1.93 bits per heavy atom. The fourth-order valence-electron chi connectivity index (χ4n) is 2.70. The molecule has 0 radical (unpaired) electrons. The Balaban J connectivity index is 1.70. The third-order valence-electron chi connectivity index (χ3n) is 4.06. The molecular weight excluding hydrogens is 422 g/mol. The van der Waals surface area contributed by atoms with Crippen LogP contribution in [0.3, 0.4) is 0 Å². The van der Waals surface area contributed by atoms with Crippen molar-refractivity contribution in [3.05, 3.63) is 76.4 Å². The molecule has 1 N–H and O–H groups in total. The molecule has 6 nitrogen and oxygen atoms in total. The van der Waals surface area contributed by atoms with Crippen molar-refractivity contribution in [3.8, 4) is 11.5 Å². The number of amides is 1. The molecule has 3 aromatic rings. The zero-order valence-corrected chi connectivity index (χ0v) is 17.1. The van der Waals surface area contributed by atoms with E-state index in [9.17, 15) is 4.79 Å². The van der Waals surface area contributed by atoms with Crippen LogP contribution in [0.15, 0.2) is 65.3 Å². The third-order valence-corrected chi connectivity index (χ3v) is 4.59. The Hall–Kier alpha value is -3.06. The van der Waals surface area contributed by atoms with Gasteiger partial charge in [0, 0.05) is 22.2 Å². The van der Waals surface area contributed by atoms with Crippen LogP contribution in [0.2, 0.25) is 0 Å². The van der Waals surface area contributed by atoms with Crippen LogP contribution in [0.1, 0.15) is 11.1 Å². The summed E-state index contributed by atoms with van der Waals surface area (Å²) >= 11 is 3.42. The fraction of sp³-hybridized carbons (Fsp3) is 0.143. The van der Waals surface area contributed by atoms with E-state index in [0.29, 0.717) is 23.9 Å². The molecule has 144 valence electrons. The first-order valence-corrected chi connectivity index (χ1v) is 9.36. The van der Waals surface area contributed by atoms with Crippen LogP contribution >= 0.6 is 15.9 Å². The van der Waals surface area contributed by atoms with Crippen molar-refractivity contribution in [3.63, 3.8) is 0 Å². The summed E-state index contributed by atoms with van der Waals surface area (Å²) in [5.41, 5.74) is 1.83. The highest BCUT2D eigenvalue weighted by atomic mass is 79.9. The minimum absolute atomic E-state index is 0.262. The van der Waals surface area contributed by atoms with Crippen molar-refractivity contribution in [2.24, 2.45) is 0 Å². The van der Waals surface area contributed by atoms with E-state index in [4.69, 9.17) is 9.47 Å². The minimum Gasteiger partial charge on any atom is -0.493 e. The van der Waals surface area contributed by atoms with Crippen LogP contribution < -0.4 is 14.8 Å². The highest BCUT2D eigenvalue weighted by molar-refractivity contribution is 9.10. The van der Waals surface area contributed by atoms with Crippen LogP contribution in [-0.2, 0) is 11.3 Å². The first kappa shape index (κ1) is 19.7. The van der Waals surface area contributed by atoms with E-state index in [0.717, 1.165) is 15.6 Å². The van der Waals surface area contributed by atoms with Crippen LogP contribution in [-0.4, -0.2) is 29.9 Å². The summed E-state index contributed by atoms with van der Waals surface area (Å²) in [6.07, 6.45) is 4.80. The van der Waals surface area contributed by atoms with Crippen molar-refractivity contribution in [1.29, 1.82) is 0 Å². The average molecular weight is 442 g/mol. The summed E-state index contributed by atoms with van der Waals surface area (Å²) in [6, 6.07) is 15.2. The second kappa shape index (κ2) is 9.23. The van der Waals surface area contributed by atoms with E-state index in [2.05, 4.69) is 26.3 Å². The van der Waals surface area contributed by atoms with Gasteiger partial charge in [-0.15, -0.1) is 0 Å². The Morgan fingerprint density at radius 3 is 2.64 bits per heavy atom. The number of ether oxygens (including phenoxy) is 2. The van der Waals surface area contributed by atoms with Gasteiger partial charge in [0.15, 0.2) is 11.5 Å². The molecule has 0 aliphatic heterocycles. The standard InChI is InChI=1S/C21H20BrN3O3/c1-27-18-5-3-4-16(21(18)28-2)8-11-20(26)24-19-12-13-23-25(19)14-15-6-9-17(22)10-7-15/h3-13H,14H2,1-2H3,(H,24,26). The van der Waals surface area contributed by atoms with E-state index in [1.54, 1.807) is 43.3 Å². The van der Waals surface area contributed by atoms with Crippen LogP contribution in [0.4, 0.5) is 5.82 Å². The summed E-state index contributed by atoms with van der Waals surface area (Å²) in [5, 5.41) is 7.14. The maximum Gasteiger partial charge on any atom is 0.249 e. The largest absolute Gasteiger partial charge is 0.493 e. The maximum atomic E-state index is 12.4. The van der Waals surface area contributed by atoms with Gasteiger partial charge in [-0.05, 0) is 29.8 Å². The molecule has 0 saturated heterocycles. The van der Waals surface area contributed by atoms with Gasteiger partial charge >= 0.3 is 0 Å². The SMILES string of the molecule is COc1cccc(C=CC(=O)Nc2ccnn2Cc2ccc(Br)cc2)c1OC. The van der Waals surface area contributed by atoms with Gasteiger partial charge in [-0.3, -0.25) is 4.79 Å². The zero-order chi connectivity index (χ0) is 19.9. The maximum absolute atomic E-state index is 12.4. The number of anilines is 1. The predicted molar refractivity (Wildman–Crippen MR) is 113 cm³/mol.